The van der Waals surface area contributed by atoms with E-state index in [4.69, 9.17) is 23.2 Å². The Morgan fingerprint density at radius 1 is 1.14 bits per heavy atom. The third-order valence-electron chi connectivity index (χ3n) is 2.13. The molecule has 0 bridgehead atoms. The van der Waals surface area contributed by atoms with Crippen molar-refractivity contribution in [3.05, 3.63) is 33.8 Å². The van der Waals surface area contributed by atoms with Crippen LogP contribution in [0.4, 0.5) is 0 Å². The van der Waals surface area contributed by atoms with Crippen LogP contribution < -0.4 is 0 Å². The molecule has 0 saturated carbocycles. The first-order chi connectivity index (χ1) is 6.65. The number of benzene rings is 1. The van der Waals surface area contributed by atoms with Crippen molar-refractivity contribution in [1.82, 2.24) is 0 Å². The van der Waals surface area contributed by atoms with Gasteiger partial charge in [0.05, 0.1) is 10.0 Å². The lowest BCUT2D eigenvalue weighted by atomic mass is 9.99. The average Bonchev–Trinajstić information content (AvgIpc) is 2.24. The highest BCUT2D eigenvalue weighted by Crippen LogP contribution is 2.27. The summed E-state index contributed by atoms with van der Waals surface area (Å²) in [6, 6.07) is 5.83. The molecule has 0 radical (unpaired) electrons. The maximum Gasteiger partial charge on any atom is 0.0595 e. The molecular weight excluding hydrogens is 215 g/mol. The number of halogens is 2. The Morgan fingerprint density at radius 3 is 2.14 bits per heavy atom. The van der Waals surface area contributed by atoms with Crippen molar-refractivity contribution < 1.29 is 0 Å². The smallest absolute Gasteiger partial charge is 0.0595 e. The lowest BCUT2D eigenvalue weighted by molar-refractivity contribution is 0.734. The van der Waals surface area contributed by atoms with Crippen LogP contribution in [-0.4, -0.2) is 0 Å². The zero-order valence-corrected chi connectivity index (χ0v) is 10.8. The van der Waals surface area contributed by atoms with Gasteiger partial charge in [-0.05, 0) is 30.0 Å². The van der Waals surface area contributed by atoms with Crippen LogP contribution in [0.3, 0.4) is 0 Å². The van der Waals surface area contributed by atoms with Crippen LogP contribution in [0, 0.1) is 0 Å². The fourth-order valence-corrected chi connectivity index (χ4v) is 1.36. The molecule has 0 saturated heterocycles. The minimum absolute atomic E-state index is 0.555. The van der Waals surface area contributed by atoms with Crippen LogP contribution in [0.5, 0.6) is 0 Å². The van der Waals surface area contributed by atoms with E-state index in [-0.39, 0.29) is 0 Å². The largest absolute Gasteiger partial charge is 0.0827 e. The highest BCUT2D eigenvalue weighted by molar-refractivity contribution is 6.42. The molecule has 14 heavy (non-hydrogen) atoms. The maximum absolute atomic E-state index is 5.88. The second-order valence-electron chi connectivity index (χ2n) is 2.98. The van der Waals surface area contributed by atoms with Gasteiger partial charge in [0.15, 0.2) is 0 Å². The Bertz CT molecular complexity index is 269. The summed E-state index contributed by atoms with van der Waals surface area (Å²) in [6.45, 7) is 8.34. The van der Waals surface area contributed by atoms with Gasteiger partial charge in [-0.3, -0.25) is 0 Å². The molecule has 1 unspecified atom stereocenters. The van der Waals surface area contributed by atoms with Crippen molar-refractivity contribution in [2.75, 3.05) is 0 Å². The summed E-state index contributed by atoms with van der Waals surface area (Å²) in [5.41, 5.74) is 1.26. The number of hydrogen-bond acceptors (Lipinski definition) is 0. The second kappa shape index (κ2) is 7.14. The molecule has 0 aliphatic rings. The minimum Gasteiger partial charge on any atom is -0.0827 e. The summed E-state index contributed by atoms with van der Waals surface area (Å²) in [5, 5.41) is 1.28. The molecule has 1 aromatic rings. The zero-order valence-electron chi connectivity index (χ0n) is 9.27. The predicted octanol–water partition coefficient (Wildman–Crippen LogP) is 5.53. The summed E-state index contributed by atoms with van der Waals surface area (Å²) in [7, 11) is 0. The first kappa shape index (κ1) is 13.8. The van der Waals surface area contributed by atoms with Gasteiger partial charge in [-0.25, -0.2) is 0 Å². The molecule has 1 aromatic carbocycles. The predicted molar refractivity (Wildman–Crippen MR) is 66.5 cm³/mol. The van der Waals surface area contributed by atoms with E-state index < -0.39 is 0 Å². The molecule has 0 nitrogen and oxygen atoms in total. The highest BCUT2D eigenvalue weighted by atomic mass is 35.5. The van der Waals surface area contributed by atoms with Crippen molar-refractivity contribution in [3.63, 3.8) is 0 Å². The molecule has 1 rings (SSSR count). The summed E-state index contributed by atoms with van der Waals surface area (Å²) in [5.74, 6) is 0.555. The van der Waals surface area contributed by atoms with E-state index in [1.165, 1.54) is 5.56 Å². The Balaban J connectivity index is 0.000000791. The molecule has 0 heterocycles. The van der Waals surface area contributed by atoms with E-state index in [2.05, 4.69) is 13.8 Å². The van der Waals surface area contributed by atoms with Crippen molar-refractivity contribution >= 4 is 23.2 Å². The molecule has 0 aromatic heterocycles. The van der Waals surface area contributed by atoms with Crippen molar-refractivity contribution in [3.8, 4) is 0 Å². The number of hydrogen-bond donors (Lipinski definition) is 0. The molecule has 0 N–H and O–H groups in total. The number of rotatable bonds is 2. The first-order valence-electron chi connectivity index (χ1n) is 5.10. The van der Waals surface area contributed by atoms with Crippen LogP contribution in [-0.2, 0) is 0 Å². The van der Waals surface area contributed by atoms with Crippen molar-refractivity contribution in [1.29, 1.82) is 0 Å². The van der Waals surface area contributed by atoms with Gasteiger partial charge < -0.3 is 0 Å². The molecule has 0 aliphatic heterocycles. The molecule has 0 amide bonds. The SMILES string of the molecule is CC.CCC(C)c1ccc(Cl)c(Cl)c1. The Hall–Kier alpha value is -0.200. The van der Waals surface area contributed by atoms with Crippen LogP contribution >= 0.6 is 23.2 Å². The molecule has 1 atom stereocenters. The standard InChI is InChI=1S/C10H12Cl2.C2H6/c1-3-7(2)8-4-5-9(11)10(12)6-8;1-2/h4-7H,3H2,1-2H3;1-2H3. The summed E-state index contributed by atoms with van der Waals surface area (Å²) in [4.78, 5) is 0. The minimum atomic E-state index is 0.555. The lowest BCUT2D eigenvalue weighted by Gasteiger charge is -2.09. The van der Waals surface area contributed by atoms with Crippen molar-refractivity contribution in [2.45, 2.75) is 40.0 Å². The molecule has 0 aliphatic carbocycles. The average molecular weight is 233 g/mol. The van der Waals surface area contributed by atoms with E-state index in [0.717, 1.165) is 6.42 Å². The topological polar surface area (TPSA) is 0 Å². The molecule has 0 fully saturated rings. The summed E-state index contributed by atoms with van der Waals surface area (Å²) in [6.07, 6.45) is 1.12. The van der Waals surface area contributed by atoms with E-state index in [9.17, 15) is 0 Å². The lowest BCUT2D eigenvalue weighted by Crippen LogP contribution is -1.90. The Kier molecular flexibility index (Phi) is 7.04. The van der Waals surface area contributed by atoms with Gasteiger partial charge >= 0.3 is 0 Å². The maximum atomic E-state index is 5.88. The normalized spacial score (nSPS) is 11.6. The Labute approximate surface area is 97.2 Å². The molecular formula is C12H18Cl2. The summed E-state index contributed by atoms with van der Waals surface area (Å²) < 4.78 is 0. The fraction of sp³-hybridized carbons (Fsp3) is 0.500. The van der Waals surface area contributed by atoms with E-state index in [1.807, 2.05) is 32.0 Å². The third-order valence-corrected chi connectivity index (χ3v) is 2.86. The first-order valence-corrected chi connectivity index (χ1v) is 5.85. The molecule has 80 valence electrons. The fourth-order valence-electron chi connectivity index (χ4n) is 1.05. The van der Waals surface area contributed by atoms with Gasteiger partial charge in [-0.15, -0.1) is 0 Å². The van der Waals surface area contributed by atoms with E-state index >= 15 is 0 Å². The van der Waals surface area contributed by atoms with Crippen LogP contribution in [0.15, 0.2) is 18.2 Å². The quantitative estimate of drug-likeness (QED) is 0.629. The third kappa shape index (κ3) is 3.89. The monoisotopic (exact) mass is 232 g/mol. The molecule has 0 spiro atoms. The summed E-state index contributed by atoms with van der Waals surface area (Å²) >= 11 is 11.7. The van der Waals surface area contributed by atoms with E-state index in [0.29, 0.717) is 16.0 Å². The van der Waals surface area contributed by atoms with Crippen LogP contribution in [0.25, 0.3) is 0 Å². The molecule has 2 heteroatoms. The van der Waals surface area contributed by atoms with Crippen molar-refractivity contribution in [2.24, 2.45) is 0 Å². The van der Waals surface area contributed by atoms with Gasteiger partial charge in [-0.1, -0.05) is 57.0 Å². The van der Waals surface area contributed by atoms with Gasteiger partial charge in [0, 0.05) is 0 Å². The Morgan fingerprint density at radius 2 is 1.71 bits per heavy atom. The van der Waals surface area contributed by atoms with Crippen LogP contribution in [0.1, 0.15) is 45.6 Å². The van der Waals surface area contributed by atoms with Gasteiger partial charge in [-0.2, -0.15) is 0 Å². The van der Waals surface area contributed by atoms with Gasteiger partial charge in [0.1, 0.15) is 0 Å². The second-order valence-corrected chi connectivity index (χ2v) is 3.80. The van der Waals surface area contributed by atoms with E-state index in [1.54, 1.807) is 0 Å². The van der Waals surface area contributed by atoms with Gasteiger partial charge in [0.25, 0.3) is 0 Å². The zero-order chi connectivity index (χ0) is 11.1. The van der Waals surface area contributed by atoms with Crippen LogP contribution in [0.2, 0.25) is 10.0 Å². The highest BCUT2D eigenvalue weighted by Gasteiger charge is 2.04. The van der Waals surface area contributed by atoms with Gasteiger partial charge in [0.2, 0.25) is 0 Å².